The van der Waals surface area contributed by atoms with Crippen LogP contribution in [0.4, 0.5) is 8.78 Å². The highest BCUT2D eigenvalue weighted by molar-refractivity contribution is 6.30. The lowest BCUT2D eigenvalue weighted by Gasteiger charge is -2.15. The molecule has 0 aliphatic carbocycles. The zero-order valence-corrected chi connectivity index (χ0v) is 10.4. The van der Waals surface area contributed by atoms with Crippen molar-refractivity contribution in [2.24, 2.45) is 0 Å². The molecule has 0 aliphatic rings. The molecule has 0 aromatic heterocycles. The fraction of sp³-hybridized carbons (Fsp3) is 0.143. The lowest BCUT2D eigenvalue weighted by atomic mass is 9.97. The van der Waals surface area contributed by atoms with Gasteiger partial charge in [0.1, 0.15) is 17.7 Å². The highest BCUT2D eigenvalue weighted by Gasteiger charge is 2.17. The second kappa shape index (κ2) is 5.04. The van der Waals surface area contributed by atoms with Crippen LogP contribution in [0.25, 0.3) is 0 Å². The summed E-state index contributed by atoms with van der Waals surface area (Å²) in [5.41, 5.74) is 1.32. The van der Waals surface area contributed by atoms with Crippen molar-refractivity contribution in [1.82, 2.24) is 0 Å². The summed E-state index contributed by atoms with van der Waals surface area (Å²) in [5.74, 6) is -1.45. The van der Waals surface area contributed by atoms with Gasteiger partial charge in [0, 0.05) is 16.7 Å². The summed E-state index contributed by atoms with van der Waals surface area (Å²) in [6.45, 7) is 1.79. The molecule has 0 bridgehead atoms. The number of aryl methyl sites for hydroxylation is 1. The van der Waals surface area contributed by atoms with E-state index in [2.05, 4.69) is 0 Å². The van der Waals surface area contributed by atoms with Gasteiger partial charge < -0.3 is 5.11 Å². The smallest absolute Gasteiger partial charge is 0.132 e. The van der Waals surface area contributed by atoms with Crippen LogP contribution in [0.15, 0.2) is 36.4 Å². The van der Waals surface area contributed by atoms with Crippen molar-refractivity contribution >= 4 is 11.6 Å². The van der Waals surface area contributed by atoms with Crippen LogP contribution in [0.5, 0.6) is 0 Å². The summed E-state index contributed by atoms with van der Waals surface area (Å²) in [4.78, 5) is 0. The van der Waals surface area contributed by atoms with Crippen molar-refractivity contribution in [2.45, 2.75) is 13.0 Å². The number of aliphatic hydroxyl groups is 1. The summed E-state index contributed by atoms with van der Waals surface area (Å²) in [7, 11) is 0. The average molecular weight is 269 g/mol. The minimum absolute atomic E-state index is 0.0294. The fourth-order valence-electron chi connectivity index (χ4n) is 1.80. The third-order valence-electron chi connectivity index (χ3n) is 2.79. The molecular formula is C14H11ClF2O. The first kappa shape index (κ1) is 13.0. The van der Waals surface area contributed by atoms with E-state index >= 15 is 0 Å². The first-order chi connectivity index (χ1) is 8.49. The van der Waals surface area contributed by atoms with Crippen LogP contribution < -0.4 is 0 Å². The molecular weight excluding hydrogens is 258 g/mol. The highest BCUT2D eigenvalue weighted by Crippen LogP contribution is 2.29. The Morgan fingerprint density at radius 3 is 2.44 bits per heavy atom. The summed E-state index contributed by atoms with van der Waals surface area (Å²) >= 11 is 5.85. The Balaban J connectivity index is 2.47. The Morgan fingerprint density at radius 1 is 1.06 bits per heavy atom. The van der Waals surface area contributed by atoms with Gasteiger partial charge in [-0.15, -0.1) is 0 Å². The van der Waals surface area contributed by atoms with E-state index in [0.29, 0.717) is 10.6 Å². The fourth-order valence-corrected chi connectivity index (χ4v) is 1.98. The molecule has 0 radical (unpaired) electrons. The molecule has 2 rings (SSSR count). The molecule has 94 valence electrons. The van der Waals surface area contributed by atoms with Gasteiger partial charge in [0.25, 0.3) is 0 Å². The van der Waals surface area contributed by atoms with Crippen molar-refractivity contribution in [2.75, 3.05) is 0 Å². The molecule has 0 saturated carbocycles. The minimum atomic E-state index is -1.16. The van der Waals surface area contributed by atoms with Gasteiger partial charge >= 0.3 is 0 Å². The second-order valence-corrected chi connectivity index (χ2v) is 4.51. The molecule has 0 saturated heterocycles. The molecule has 18 heavy (non-hydrogen) atoms. The highest BCUT2D eigenvalue weighted by atomic mass is 35.5. The zero-order chi connectivity index (χ0) is 13.3. The largest absolute Gasteiger partial charge is 0.384 e. The van der Waals surface area contributed by atoms with Crippen LogP contribution in [0.1, 0.15) is 22.8 Å². The van der Waals surface area contributed by atoms with Gasteiger partial charge in [0.15, 0.2) is 0 Å². The molecule has 0 fully saturated rings. The van der Waals surface area contributed by atoms with E-state index in [1.807, 2.05) is 0 Å². The molecule has 0 heterocycles. The number of aliphatic hydroxyl groups excluding tert-OH is 1. The van der Waals surface area contributed by atoms with Crippen LogP contribution in [0.3, 0.4) is 0 Å². The summed E-state index contributed by atoms with van der Waals surface area (Å²) in [6.07, 6.45) is -1.16. The maximum atomic E-state index is 13.6. The van der Waals surface area contributed by atoms with Gasteiger partial charge in [-0.3, -0.25) is 0 Å². The van der Waals surface area contributed by atoms with Crippen molar-refractivity contribution in [1.29, 1.82) is 0 Å². The molecule has 2 aromatic rings. The van der Waals surface area contributed by atoms with Crippen molar-refractivity contribution in [3.63, 3.8) is 0 Å². The molecule has 0 spiro atoms. The van der Waals surface area contributed by atoms with Gasteiger partial charge in [-0.2, -0.15) is 0 Å². The van der Waals surface area contributed by atoms with Crippen molar-refractivity contribution < 1.29 is 13.9 Å². The van der Waals surface area contributed by atoms with Gasteiger partial charge in [-0.25, -0.2) is 8.78 Å². The second-order valence-electron chi connectivity index (χ2n) is 4.07. The summed E-state index contributed by atoms with van der Waals surface area (Å²) in [6, 6.07) is 8.09. The number of halogens is 3. The van der Waals surface area contributed by atoms with Gasteiger partial charge in [0.2, 0.25) is 0 Å². The SMILES string of the molecule is Cc1ccc(Cl)cc1C(O)c1ccc(F)cc1F. The quantitative estimate of drug-likeness (QED) is 0.873. The third kappa shape index (κ3) is 2.52. The Kier molecular flexibility index (Phi) is 3.64. The first-order valence-corrected chi connectivity index (χ1v) is 5.76. The average Bonchev–Trinajstić information content (AvgIpc) is 2.31. The molecule has 1 unspecified atom stereocenters. The maximum absolute atomic E-state index is 13.6. The van der Waals surface area contributed by atoms with E-state index in [1.165, 1.54) is 6.07 Å². The van der Waals surface area contributed by atoms with Crippen LogP contribution in [0.2, 0.25) is 5.02 Å². The number of rotatable bonds is 2. The normalized spacial score (nSPS) is 12.5. The number of hydrogen-bond acceptors (Lipinski definition) is 1. The van der Waals surface area contributed by atoms with E-state index in [4.69, 9.17) is 11.6 Å². The lowest BCUT2D eigenvalue weighted by Crippen LogP contribution is -2.05. The molecule has 1 nitrogen and oxygen atoms in total. The zero-order valence-electron chi connectivity index (χ0n) is 9.62. The van der Waals surface area contributed by atoms with E-state index in [0.717, 1.165) is 17.7 Å². The van der Waals surface area contributed by atoms with Crippen LogP contribution in [-0.2, 0) is 0 Å². The molecule has 4 heteroatoms. The van der Waals surface area contributed by atoms with E-state index in [-0.39, 0.29) is 5.56 Å². The van der Waals surface area contributed by atoms with Gasteiger partial charge in [-0.1, -0.05) is 23.7 Å². The molecule has 0 aliphatic heterocycles. The van der Waals surface area contributed by atoms with Crippen molar-refractivity contribution in [3.8, 4) is 0 Å². The molecule has 1 N–H and O–H groups in total. The molecule has 0 amide bonds. The monoisotopic (exact) mass is 268 g/mol. The van der Waals surface area contributed by atoms with E-state index < -0.39 is 17.7 Å². The summed E-state index contributed by atoms with van der Waals surface area (Å²) in [5, 5.41) is 10.6. The first-order valence-electron chi connectivity index (χ1n) is 5.38. The van der Waals surface area contributed by atoms with E-state index in [1.54, 1.807) is 25.1 Å². The lowest BCUT2D eigenvalue weighted by molar-refractivity contribution is 0.214. The van der Waals surface area contributed by atoms with Crippen LogP contribution in [-0.4, -0.2) is 5.11 Å². The van der Waals surface area contributed by atoms with Crippen LogP contribution >= 0.6 is 11.6 Å². The predicted octanol–water partition coefficient (Wildman–Crippen LogP) is 4.01. The van der Waals surface area contributed by atoms with Gasteiger partial charge in [-0.05, 0) is 36.2 Å². The maximum Gasteiger partial charge on any atom is 0.132 e. The molecule has 2 aromatic carbocycles. The Bertz CT molecular complexity index is 584. The third-order valence-corrected chi connectivity index (χ3v) is 3.03. The van der Waals surface area contributed by atoms with E-state index in [9.17, 15) is 13.9 Å². The van der Waals surface area contributed by atoms with Crippen molar-refractivity contribution in [3.05, 3.63) is 69.7 Å². The number of hydrogen-bond donors (Lipinski definition) is 1. The van der Waals surface area contributed by atoms with Gasteiger partial charge in [0.05, 0.1) is 0 Å². The Hall–Kier alpha value is -1.45. The minimum Gasteiger partial charge on any atom is -0.384 e. The standard InChI is InChI=1S/C14H11ClF2O/c1-8-2-3-9(15)6-12(8)14(18)11-5-4-10(16)7-13(11)17/h2-7,14,18H,1H3. The Labute approximate surface area is 109 Å². The topological polar surface area (TPSA) is 20.2 Å². The predicted molar refractivity (Wildman–Crippen MR) is 66.6 cm³/mol. The summed E-state index contributed by atoms with van der Waals surface area (Å²) < 4.78 is 26.4. The molecule has 1 atom stereocenters. The number of benzene rings is 2. The van der Waals surface area contributed by atoms with Crippen LogP contribution in [0, 0.1) is 18.6 Å². The Morgan fingerprint density at radius 2 is 1.78 bits per heavy atom.